The molecule has 2 aromatic carbocycles. The first-order chi connectivity index (χ1) is 12.2. The minimum atomic E-state index is 0.571. The molecule has 5 heteroatoms. The van der Waals surface area contributed by atoms with E-state index in [0.717, 1.165) is 31.5 Å². The highest BCUT2D eigenvalue weighted by atomic mass is 32.1. The first-order valence-electron chi connectivity index (χ1n) is 7.73. The number of hydrogen-bond donors (Lipinski definition) is 0. The van der Waals surface area contributed by atoms with Crippen molar-refractivity contribution >= 4 is 44.5 Å². The van der Waals surface area contributed by atoms with E-state index < -0.39 is 0 Å². The molecule has 0 atom stereocenters. The lowest BCUT2D eigenvalue weighted by molar-refractivity contribution is 1.34. The Morgan fingerprint density at radius 1 is 1.08 bits per heavy atom. The number of nitrogens with zero attached hydrogens (tertiary/aromatic N) is 3. The van der Waals surface area contributed by atoms with Gasteiger partial charge in [0.1, 0.15) is 21.8 Å². The maximum absolute atomic E-state index is 9.52. The van der Waals surface area contributed by atoms with Crippen molar-refractivity contribution in [2.24, 2.45) is 0 Å². The van der Waals surface area contributed by atoms with E-state index in [2.05, 4.69) is 22.1 Å². The Kier molecular flexibility index (Phi) is 4.14. The van der Waals surface area contributed by atoms with Crippen LogP contribution in [0.1, 0.15) is 16.1 Å². The Bertz CT molecular complexity index is 1080. The van der Waals surface area contributed by atoms with Gasteiger partial charge >= 0.3 is 0 Å². The van der Waals surface area contributed by atoms with Gasteiger partial charge in [0, 0.05) is 5.38 Å². The summed E-state index contributed by atoms with van der Waals surface area (Å²) in [7, 11) is 0. The Hall–Kier alpha value is -2.81. The molecule has 25 heavy (non-hydrogen) atoms. The van der Waals surface area contributed by atoms with E-state index in [1.807, 2.05) is 60.8 Å². The predicted molar refractivity (Wildman–Crippen MR) is 105 cm³/mol. The summed E-state index contributed by atoms with van der Waals surface area (Å²) in [6, 6.07) is 18.4. The summed E-state index contributed by atoms with van der Waals surface area (Å²) in [6.45, 7) is 2.05. The fourth-order valence-corrected chi connectivity index (χ4v) is 4.22. The number of para-hydroxylation sites is 1. The van der Waals surface area contributed by atoms with Crippen LogP contribution in [0.3, 0.4) is 0 Å². The molecule has 4 rings (SSSR count). The quantitative estimate of drug-likeness (QED) is 0.435. The van der Waals surface area contributed by atoms with Gasteiger partial charge in [0.05, 0.1) is 15.8 Å². The Morgan fingerprint density at radius 3 is 2.64 bits per heavy atom. The zero-order valence-corrected chi connectivity index (χ0v) is 15.1. The molecule has 0 amide bonds. The first-order valence-corrected chi connectivity index (χ1v) is 9.43. The molecule has 0 saturated heterocycles. The number of benzene rings is 2. The summed E-state index contributed by atoms with van der Waals surface area (Å²) >= 11 is 3.09. The molecule has 120 valence electrons. The van der Waals surface area contributed by atoms with Crippen LogP contribution in [0.5, 0.6) is 0 Å². The van der Waals surface area contributed by atoms with Crippen molar-refractivity contribution in [2.45, 2.75) is 6.92 Å². The third kappa shape index (κ3) is 3.22. The van der Waals surface area contributed by atoms with Gasteiger partial charge in [0.25, 0.3) is 0 Å². The second-order valence-electron chi connectivity index (χ2n) is 5.61. The van der Waals surface area contributed by atoms with Gasteiger partial charge in [-0.15, -0.1) is 22.7 Å². The van der Waals surface area contributed by atoms with Crippen molar-refractivity contribution in [3.05, 3.63) is 70.0 Å². The summed E-state index contributed by atoms with van der Waals surface area (Å²) in [5.74, 6) is 0. The van der Waals surface area contributed by atoms with Gasteiger partial charge in [-0.3, -0.25) is 0 Å². The summed E-state index contributed by atoms with van der Waals surface area (Å²) < 4.78 is 1.14. The SMILES string of the molecule is Cc1ccc(/C=C(/C#N)c2nc(-c3nc4ccccc4s3)cs2)cc1. The van der Waals surface area contributed by atoms with Crippen molar-refractivity contribution in [3.63, 3.8) is 0 Å². The molecule has 3 nitrogen and oxygen atoms in total. The first kappa shape index (κ1) is 15.7. The molecule has 0 N–H and O–H groups in total. The lowest BCUT2D eigenvalue weighted by Crippen LogP contribution is -1.83. The molecule has 0 aliphatic carbocycles. The number of thiazole rings is 2. The highest BCUT2D eigenvalue weighted by Crippen LogP contribution is 2.32. The minimum absolute atomic E-state index is 0.571. The largest absolute Gasteiger partial charge is 0.234 e. The molecule has 0 unspecified atom stereocenters. The Morgan fingerprint density at radius 2 is 1.88 bits per heavy atom. The number of rotatable bonds is 3. The average Bonchev–Trinajstić information content (AvgIpc) is 3.28. The third-order valence-electron chi connectivity index (χ3n) is 3.76. The van der Waals surface area contributed by atoms with Crippen LogP contribution in [-0.4, -0.2) is 9.97 Å². The number of fused-ring (bicyclic) bond motifs is 1. The molecule has 0 aliphatic rings. The van der Waals surface area contributed by atoms with Crippen molar-refractivity contribution in [3.8, 4) is 16.8 Å². The lowest BCUT2D eigenvalue weighted by Gasteiger charge is -1.96. The standard InChI is InChI=1S/C20H13N3S2/c1-13-6-8-14(9-7-13)10-15(11-21)19-23-17(12-24-19)20-22-16-4-2-3-5-18(16)25-20/h2-10,12H,1H3/b15-10-. The molecule has 0 saturated carbocycles. The van der Waals surface area contributed by atoms with E-state index in [1.54, 1.807) is 11.3 Å². The molecule has 0 radical (unpaired) electrons. The fourth-order valence-electron chi connectivity index (χ4n) is 2.45. The molecule has 0 fully saturated rings. The van der Waals surface area contributed by atoms with Crippen LogP contribution in [0.15, 0.2) is 53.9 Å². The molecule has 0 bridgehead atoms. The van der Waals surface area contributed by atoms with E-state index in [-0.39, 0.29) is 0 Å². The Labute approximate surface area is 153 Å². The van der Waals surface area contributed by atoms with Crippen LogP contribution in [0.25, 0.3) is 32.6 Å². The zero-order chi connectivity index (χ0) is 17.2. The molecule has 0 aliphatic heterocycles. The van der Waals surface area contributed by atoms with Crippen LogP contribution < -0.4 is 0 Å². The topological polar surface area (TPSA) is 49.6 Å². The highest BCUT2D eigenvalue weighted by molar-refractivity contribution is 7.22. The maximum atomic E-state index is 9.52. The van der Waals surface area contributed by atoms with Crippen LogP contribution >= 0.6 is 22.7 Å². The number of nitriles is 1. The van der Waals surface area contributed by atoms with Crippen LogP contribution in [0, 0.1) is 18.3 Å². The maximum Gasteiger partial charge on any atom is 0.144 e. The summed E-state index contributed by atoms with van der Waals surface area (Å²) in [6.07, 6.45) is 1.88. The molecular weight excluding hydrogens is 346 g/mol. The van der Waals surface area contributed by atoms with Crippen LogP contribution in [0.2, 0.25) is 0 Å². The van der Waals surface area contributed by atoms with Gasteiger partial charge in [0.2, 0.25) is 0 Å². The normalized spacial score (nSPS) is 11.6. The van der Waals surface area contributed by atoms with E-state index >= 15 is 0 Å². The fraction of sp³-hybridized carbons (Fsp3) is 0.0500. The van der Waals surface area contributed by atoms with Gasteiger partial charge < -0.3 is 0 Å². The van der Waals surface area contributed by atoms with E-state index in [4.69, 9.17) is 0 Å². The van der Waals surface area contributed by atoms with Crippen molar-refractivity contribution in [1.29, 1.82) is 5.26 Å². The highest BCUT2D eigenvalue weighted by Gasteiger charge is 2.12. The second-order valence-corrected chi connectivity index (χ2v) is 7.49. The van der Waals surface area contributed by atoms with Gasteiger partial charge in [-0.25, -0.2) is 9.97 Å². The number of allylic oxidation sites excluding steroid dienone is 1. The molecule has 2 aromatic heterocycles. The van der Waals surface area contributed by atoms with Crippen molar-refractivity contribution in [2.75, 3.05) is 0 Å². The van der Waals surface area contributed by atoms with Crippen molar-refractivity contribution in [1.82, 2.24) is 9.97 Å². The summed E-state index contributed by atoms with van der Waals surface area (Å²) in [4.78, 5) is 9.27. The van der Waals surface area contributed by atoms with Gasteiger partial charge in [-0.2, -0.15) is 5.26 Å². The summed E-state index contributed by atoms with van der Waals surface area (Å²) in [5, 5.41) is 13.1. The van der Waals surface area contributed by atoms with Gasteiger partial charge in [0.15, 0.2) is 0 Å². The van der Waals surface area contributed by atoms with Crippen LogP contribution in [-0.2, 0) is 0 Å². The summed E-state index contributed by atoms with van der Waals surface area (Å²) in [5.41, 5.74) is 4.57. The average molecular weight is 359 g/mol. The second kappa shape index (κ2) is 6.60. The van der Waals surface area contributed by atoms with E-state index in [9.17, 15) is 5.26 Å². The number of aryl methyl sites for hydroxylation is 1. The number of aromatic nitrogens is 2. The van der Waals surface area contributed by atoms with Gasteiger partial charge in [-0.1, -0.05) is 42.0 Å². The molecule has 2 heterocycles. The molecule has 4 aromatic rings. The molecular formula is C20H13N3S2. The predicted octanol–water partition coefficient (Wildman–Crippen LogP) is 5.79. The van der Waals surface area contributed by atoms with E-state index in [0.29, 0.717) is 5.57 Å². The smallest absolute Gasteiger partial charge is 0.144 e. The Balaban J connectivity index is 1.69. The minimum Gasteiger partial charge on any atom is -0.234 e. The molecule has 0 spiro atoms. The van der Waals surface area contributed by atoms with Crippen molar-refractivity contribution < 1.29 is 0 Å². The van der Waals surface area contributed by atoms with Gasteiger partial charge in [-0.05, 0) is 30.7 Å². The third-order valence-corrected chi connectivity index (χ3v) is 5.69. The lowest BCUT2D eigenvalue weighted by atomic mass is 10.1. The van der Waals surface area contributed by atoms with Crippen LogP contribution in [0.4, 0.5) is 0 Å². The van der Waals surface area contributed by atoms with E-state index in [1.165, 1.54) is 16.9 Å². The number of hydrogen-bond acceptors (Lipinski definition) is 5. The monoisotopic (exact) mass is 359 g/mol. The zero-order valence-electron chi connectivity index (χ0n) is 13.4.